The summed E-state index contributed by atoms with van der Waals surface area (Å²) in [5, 5.41) is 2.61. The van der Waals surface area contributed by atoms with Gasteiger partial charge >= 0.3 is 5.97 Å². The molecule has 0 bridgehead atoms. The fourth-order valence-corrected chi connectivity index (χ4v) is 2.93. The Balaban J connectivity index is 1.47. The molecule has 0 radical (unpaired) electrons. The second-order valence-corrected chi connectivity index (χ2v) is 6.94. The number of fused-ring (bicyclic) bond motifs is 1. The second kappa shape index (κ2) is 8.16. The summed E-state index contributed by atoms with van der Waals surface area (Å²) in [5.74, 6) is 0.0740. The number of amides is 1. The van der Waals surface area contributed by atoms with Crippen LogP contribution in [0.4, 0.5) is 5.82 Å². The number of imidazole rings is 1. The average molecular weight is 400 g/mol. The summed E-state index contributed by atoms with van der Waals surface area (Å²) in [4.78, 5) is 36.6. The summed E-state index contributed by atoms with van der Waals surface area (Å²) in [6.07, 6.45) is 0.594. The van der Waals surface area contributed by atoms with Crippen molar-refractivity contribution in [1.29, 1.82) is 0 Å². The molecule has 2 N–H and O–H groups in total. The van der Waals surface area contributed by atoms with Crippen LogP contribution >= 0.6 is 0 Å². The molecule has 1 amide bonds. The molecular formula is C23H20N4O3. The van der Waals surface area contributed by atoms with Crippen LogP contribution < -0.4 is 5.32 Å². The van der Waals surface area contributed by atoms with Crippen LogP contribution in [0.3, 0.4) is 0 Å². The average Bonchev–Trinajstić information content (AvgIpc) is 3.18. The number of hydrogen-bond acceptors (Lipinski definition) is 5. The van der Waals surface area contributed by atoms with Crippen molar-refractivity contribution >= 4 is 28.7 Å². The zero-order valence-electron chi connectivity index (χ0n) is 16.5. The van der Waals surface area contributed by atoms with Gasteiger partial charge in [-0.15, -0.1) is 0 Å². The molecule has 4 aromatic rings. The first-order chi connectivity index (χ1) is 14.5. The Morgan fingerprint density at radius 2 is 1.87 bits per heavy atom. The van der Waals surface area contributed by atoms with Crippen molar-refractivity contribution in [2.24, 2.45) is 0 Å². The highest BCUT2D eigenvalue weighted by molar-refractivity contribution is 5.98. The molecule has 0 aliphatic heterocycles. The van der Waals surface area contributed by atoms with E-state index in [9.17, 15) is 9.59 Å². The predicted octanol–water partition coefficient (Wildman–Crippen LogP) is 4.12. The van der Waals surface area contributed by atoms with Gasteiger partial charge in [0.25, 0.3) is 5.91 Å². The van der Waals surface area contributed by atoms with Crippen molar-refractivity contribution in [3.8, 4) is 11.4 Å². The molecule has 2 heterocycles. The third-order valence-corrected chi connectivity index (χ3v) is 4.61. The summed E-state index contributed by atoms with van der Waals surface area (Å²) in [6.45, 7) is 3.54. The largest absolute Gasteiger partial charge is 0.449 e. The van der Waals surface area contributed by atoms with E-state index in [1.165, 1.54) is 12.5 Å². The molecule has 0 saturated carbocycles. The lowest BCUT2D eigenvalue weighted by molar-refractivity contribution is -0.123. The first kappa shape index (κ1) is 19.3. The van der Waals surface area contributed by atoms with Crippen molar-refractivity contribution in [1.82, 2.24) is 15.0 Å². The van der Waals surface area contributed by atoms with E-state index in [4.69, 9.17) is 4.74 Å². The molecule has 7 heteroatoms. The van der Waals surface area contributed by atoms with Gasteiger partial charge in [0.2, 0.25) is 0 Å². The number of nitrogens with one attached hydrogen (secondary N) is 2. The molecule has 1 unspecified atom stereocenters. The highest BCUT2D eigenvalue weighted by Gasteiger charge is 2.20. The molecular weight excluding hydrogens is 380 g/mol. The van der Waals surface area contributed by atoms with Gasteiger partial charge in [-0.2, -0.15) is 0 Å². The maximum atomic E-state index is 12.5. The topological polar surface area (TPSA) is 97.0 Å². The van der Waals surface area contributed by atoms with Crippen molar-refractivity contribution in [3.05, 3.63) is 78.0 Å². The Morgan fingerprint density at radius 1 is 1.07 bits per heavy atom. The van der Waals surface area contributed by atoms with Gasteiger partial charge in [0.1, 0.15) is 11.6 Å². The molecule has 0 saturated heterocycles. The molecule has 4 rings (SSSR count). The SMILES string of the molecule is Cc1ccc(-c2nc3ccc(C(=O)OC(C)C(=O)Nc4ccccn4)cc3[nH]2)cc1. The fraction of sp³-hybridized carbons (Fsp3) is 0.130. The molecule has 2 aromatic carbocycles. The van der Waals surface area contributed by atoms with Gasteiger partial charge in [-0.1, -0.05) is 35.9 Å². The van der Waals surface area contributed by atoms with Crippen LogP contribution in [-0.4, -0.2) is 32.9 Å². The van der Waals surface area contributed by atoms with Gasteiger partial charge in [0, 0.05) is 11.8 Å². The standard InChI is InChI=1S/C23H20N4O3/c1-14-6-8-16(9-7-14)21-25-18-11-10-17(13-19(18)26-21)23(29)30-15(2)22(28)27-20-5-3-4-12-24-20/h3-13,15H,1-2H3,(H,25,26)(H,24,27,28). The number of pyridine rings is 1. The van der Waals surface area contributed by atoms with Gasteiger partial charge in [-0.25, -0.2) is 14.8 Å². The number of aryl methyl sites for hydroxylation is 1. The minimum Gasteiger partial charge on any atom is -0.449 e. The molecule has 0 spiro atoms. The Kier molecular flexibility index (Phi) is 5.26. The lowest BCUT2D eigenvalue weighted by Gasteiger charge is -2.13. The number of anilines is 1. The quantitative estimate of drug-likeness (QED) is 0.491. The van der Waals surface area contributed by atoms with E-state index in [0.717, 1.165) is 16.9 Å². The number of nitrogens with zero attached hydrogens (tertiary/aromatic N) is 2. The van der Waals surface area contributed by atoms with E-state index in [0.29, 0.717) is 16.9 Å². The predicted molar refractivity (Wildman–Crippen MR) is 114 cm³/mol. The van der Waals surface area contributed by atoms with E-state index in [1.54, 1.807) is 42.6 Å². The number of hydrogen-bond donors (Lipinski definition) is 2. The van der Waals surface area contributed by atoms with Crippen molar-refractivity contribution in [3.63, 3.8) is 0 Å². The lowest BCUT2D eigenvalue weighted by atomic mass is 10.1. The maximum absolute atomic E-state index is 12.5. The molecule has 1 atom stereocenters. The van der Waals surface area contributed by atoms with E-state index in [2.05, 4.69) is 20.3 Å². The van der Waals surface area contributed by atoms with Gasteiger partial charge in [0.05, 0.1) is 16.6 Å². The number of H-pyrrole nitrogens is 1. The van der Waals surface area contributed by atoms with Crippen LogP contribution in [0, 0.1) is 6.92 Å². The summed E-state index contributed by atoms with van der Waals surface area (Å²) in [5.41, 5.74) is 3.91. The van der Waals surface area contributed by atoms with Crippen LogP contribution in [0.15, 0.2) is 66.9 Å². The Hall–Kier alpha value is -4.00. The van der Waals surface area contributed by atoms with Crippen LogP contribution in [-0.2, 0) is 9.53 Å². The third-order valence-electron chi connectivity index (χ3n) is 4.61. The summed E-state index contributed by atoms with van der Waals surface area (Å²) in [7, 11) is 0. The Labute approximate surface area is 173 Å². The molecule has 7 nitrogen and oxygen atoms in total. The smallest absolute Gasteiger partial charge is 0.338 e. The van der Waals surface area contributed by atoms with Crippen molar-refractivity contribution in [2.45, 2.75) is 20.0 Å². The number of carbonyl (C=O) groups excluding carboxylic acids is 2. The van der Waals surface area contributed by atoms with Gasteiger partial charge in [0.15, 0.2) is 6.10 Å². The maximum Gasteiger partial charge on any atom is 0.338 e. The first-order valence-electron chi connectivity index (χ1n) is 9.49. The third kappa shape index (κ3) is 4.20. The van der Waals surface area contributed by atoms with Gasteiger partial charge < -0.3 is 15.0 Å². The van der Waals surface area contributed by atoms with E-state index in [1.807, 2.05) is 31.2 Å². The fourth-order valence-electron chi connectivity index (χ4n) is 2.93. The molecule has 0 aliphatic rings. The minimum atomic E-state index is -0.972. The molecule has 0 aliphatic carbocycles. The highest BCUT2D eigenvalue weighted by atomic mass is 16.5. The van der Waals surface area contributed by atoms with Crippen LogP contribution in [0.2, 0.25) is 0 Å². The minimum absolute atomic E-state index is 0.332. The number of carbonyl (C=O) groups is 2. The monoisotopic (exact) mass is 400 g/mol. The summed E-state index contributed by atoms with van der Waals surface area (Å²) >= 11 is 0. The van der Waals surface area contributed by atoms with Crippen LogP contribution in [0.1, 0.15) is 22.8 Å². The number of aromatic amines is 1. The molecule has 2 aromatic heterocycles. The second-order valence-electron chi connectivity index (χ2n) is 6.94. The summed E-state index contributed by atoms with van der Waals surface area (Å²) < 4.78 is 5.31. The zero-order chi connectivity index (χ0) is 21.1. The number of esters is 1. The van der Waals surface area contributed by atoms with E-state index >= 15 is 0 Å². The molecule has 150 valence electrons. The van der Waals surface area contributed by atoms with Crippen LogP contribution in [0.5, 0.6) is 0 Å². The zero-order valence-corrected chi connectivity index (χ0v) is 16.5. The first-order valence-corrected chi connectivity index (χ1v) is 9.49. The normalized spacial score (nSPS) is 11.8. The number of rotatable bonds is 5. The van der Waals surface area contributed by atoms with E-state index in [-0.39, 0.29) is 0 Å². The molecule has 30 heavy (non-hydrogen) atoms. The van der Waals surface area contributed by atoms with Crippen molar-refractivity contribution in [2.75, 3.05) is 5.32 Å². The Morgan fingerprint density at radius 3 is 2.60 bits per heavy atom. The highest BCUT2D eigenvalue weighted by Crippen LogP contribution is 2.22. The molecule has 0 fully saturated rings. The van der Waals surface area contributed by atoms with Gasteiger partial charge in [-0.05, 0) is 44.2 Å². The van der Waals surface area contributed by atoms with Crippen molar-refractivity contribution < 1.29 is 14.3 Å². The Bertz CT molecular complexity index is 1200. The summed E-state index contributed by atoms with van der Waals surface area (Å²) in [6, 6.07) is 18.2. The van der Waals surface area contributed by atoms with Gasteiger partial charge in [-0.3, -0.25) is 4.79 Å². The number of benzene rings is 2. The number of aromatic nitrogens is 3. The van der Waals surface area contributed by atoms with E-state index < -0.39 is 18.0 Å². The number of ether oxygens (including phenoxy) is 1. The van der Waals surface area contributed by atoms with Crippen LogP contribution in [0.25, 0.3) is 22.4 Å². The lowest BCUT2D eigenvalue weighted by Crippen LogP contribution is -2.30.